The SMILES string of the molecule is O=C(O)CN(Cc1ccccc1)C(=O)CNC(=O)CNC(=O)OCC1c2ccccc2-c2ccccc21. The molecule has 0 aromatic heterocycles. The summed E-state index contributed by atoms with van der Waals surface area (Å²) < 4.78 is 5.39. The third-order valence-corrected chi connectivity index (χ3v) is 6.07. The lowest BCUT2D eigenvalue weighted by atomic mass is 9.98. The number of ether oxygens (including phenoxy) is 1. The average Bonchev–Trinajstić information content (AvgIpc) is 3.23. The Morgan fingerprint density at radius 3 is 2.00 bits per heavy atom. The van der Waals surface area contributed by atoms with Gasteiger partial charge in [0, 0.05) is 12.5 Å². The van der Waals surface area contributed by atoms with E-state index in [0.29, 0.717) is 0 Å². The number of hydrogen-bond donors (Lipinski definition) is 3. The van der Waals surface area contributed by atoms with E-state index >= 15 is 0 Å². The van der Waals surface area contributed by atoms with Crippen LogP contribution in [0.15, 0.2) is 78.9 Å². The summed E-state index contributed by atoms with van der Waals surface area (Å²) in [6.07, 6.45) is -0.750. The van der Waals surface area contributed by atoms with Gasteiger partial charge in [-0.1, -0.05) is 78.9 Å². The molecule has 0 aliphatic heterocycles. The van der Waals surface area contributed by atoms with Gasteiger partial charge >= 0.3 is 12.1 Å². The molecule has 0 bridgehead atoms. The van der Waals surface area contributed by atoms with Crippen molar-refractivity contribution in [1.29, 1.82) is 0 Å². The molecular weight excluding hydrogens is 474 g/mol. The van der Waals surface area contributed by atoms with Crippen LogP contribution in [0, 0.1) is 0 Å². The summed E-state index contributed by atoms with van der Waals surface area (Å²) in [7, 11) is 0. The summed E-state index contributed by atoms with van der Waals surface area (Å²) in [5.74, 6) is -2.42. The van der Waals surface area contributed by atoms with E-state index in [0.717, 1.165) is 32.7 Å². The molecule has 0 heterocycles. The Labute approximate surface area is 214 Å². The zero-order valence-corrected chi connectivity index (χ0v) is 20.1. The van der Waals surface area contributed by atoms with Crippen molar-refractivity contribution in [2.24, 2.45) is 0 Å². The highest BCUT2D eigenvalue weighted by Gasteiger charge is 2.29. The summed E-state index contributed by atoms with van der Waals surface area (Å²) in [6, 6.07) is 24.9. The van der Waals surface area contributed by atoms with Gasteiger partial charge < -0.3 is 25.4 Å². The second-order valence-electron chi connectivity index (χ2n) is 8.58. The van der Waals surface area contributed by atoms with Crippen molar-refractivity contribution >= 4 is 23.9 Å². The first-order valence-electron chi connectivity index (χ1n) is 11.8. The zero-order chi connectivity index (χ0) is 26.2. The molecule has 1 aliphatic rings. The van der Waals surface area contributed by atoms with E-state index in [4.69, 9.17) is 9.84 Å². The van der Waals surface area contributed by atoms with Crippen molar-refractivity contribution in [3.05, 3.63) is 95.6 Å². The van der Waals surface area contributed by atoms with Gasteiger partial charge in [0.2, 0.25) is 11.8 Å². The van der Waals surface area contributed by atoms with E-state index in [1.165, 1.54) is 0 Å². The number of carboxylic acids is 1. The number of amides is 3. The van der Waals surface area contributed by atoms with Gasteiger partial charge in [0.25, 0.3) is 0 Å². The molecule has 9 nitrogen and oxygen atoms in total. The minimum atomic E-state index is -1.16. The summed E-state index contributed by atoms with van der Waals surface area (Å²) >= 11 is 0. The Morgan fingerprint density at radius 1 is 0.784 bits per heavy atom. The van der Waals surface area contributed by atoms with Crippen LogP contribution in [0.25, 0.3) is 11.1 Å². The Morgan fingerprint density at radius 2 is 1.38 bits per heavy atom. The standard InChI is InChI=1S/C28H27N3O6/c32-25(29-15-26(33)31(17-27(34)35)16-19-8-2-1-3-9-19)14-30-28(36)37-18-24-22-12-6-4-10-20(22)21-11-5-7-13-23(21)24/h1-13,24H,14-18H2,(H,29,32)(H,30,36)(H,34,35). The first-order chi connectivity index (χ1) is 17.9. The molecule has 0 atom stereocenters. The molecule has 9 heteroatoms. The van der Waals surface area contributed by atoms with Crippen molar-refractivity contribution in [2.45, 2.75) is 12.5 Å². The molecule has 1 aliphatic carbocycles. The largest absolute Gasteiger partial charge is 0.480 e. The summed E-state index contributed by atoms with van der Waals surface area (Å²) in [5, 5.41) is 13.9. The summed E-state index contributed by atoms with van der Waals surface area (Å²) in [4.78, 5) is 49.2. The maximum absolute atomic E-state index is 12.5. The van der Waals surface area contributed by atoms with Gasteiger partial charge in [0.1, 0.15) is 19.7 Å². The summed E-state index contributed by atoms with van der Waals surface area (Å²) in [5.41, 5.74) is 5.14. The number of hydrogen-bond acceptors (Lipinski definition) is 5. The van der Waals surface area contributed by atoms with Crippen LogP contribution in [-0.4, -0.2) is 60.1 Å². The predicted octanol–water partition coefficient (Wildman–Crippen LogP) is 2.75. The first kappa shape index (κ1) is 25.4. The molecule has 3 amide bonds. The smallest absolute Gasteiger partial charge is 0.407 e. The third-order valence-electron chi connectivity index (χ3n) is 6.07. The first-order valence-corrected chi connectivity index (χ1v) is 11.8. The normalized spacial score (nSPS) is 11.7. The fourth-order valence-electron chi connectivity index (χ4n) is 4.35. The van der Waals surface area contributed by atoms with Crippen molar-refractivity contribution in [1.82, 2.24) is 15.5 Å². The maximum Gasteiger partial charge on any atom is 0.407 e. The van der Waals surface area contributed by atoms with Crippen molar-refractivity contribution in [3.63, 3.8) is 0 Å². The Bertz CT molecular complexity index is 1250. The topological polar surface area (TPSA) is 125 Å². The van der Waals surface area contributed by atoms with Gasteiger partial charge in [-0.15, -0.1) is 0 Å². The van der Waals surface area contributed by atoms with Gasteiger partial charge in [0.15, 0.2) is 0 Å². The number of carbonyl (C=O) groups excluding carboxylic acids is 3. The van der Waals surface area contributed by atoms with Gasteiger partial charge in [-0.05, 0) is 27.8 Å². The van der Waals surface area contributed by atoms with Gasteiger partial charge in [-0.2, -0.15) is 0 Å². The highest BCUT2D eigenvalue weighted by molar-refractivity contribution is 5.88. The van der Waals surface area contributed by atoms with Crippen molar-refractivity contribution < 1.29 is 29.0 Å². The fraction of sp³-hybridized carbons (Fsp3) is 0.214. The van der Waals surface area contributed by atoms with Gasteiger partial charge in [-0.3, -0.25) is 14.4 Å². The van der Waals surface area contributed by atoms with Gasteiger partial charge in [-0.25, -0.2) is 4.79 Å². The van der Waals surface area contributed by atoms with E-state index in [2.05, 4.69) is 10.6 Å². The number of nitrogens with zero attached hydrogens (tertiary/aromatic N) is 1. The maximum atomic E-state index is 12.5. The quantitative estimate of drug-likeness (QED) is 0.392. The lowest BCUT2D eigenvalue weighted by Crippen LogP contribution is -2.44. The van der Waals surface area contributed by atoms with Crippen LogP contribution in [0.4, 0.5) is 4.79 Å². The lowest BCUT2D eigenvalue weighted by Gasteiger charge is -2.21. The number of rotatable bonds is 10. The van der Waals surface area contributed by atoms with Crippen LogP contribution < -0.4 is 10.6 Å². The van der Waals surface area contributed by atoms with Crippen LogP contribution in [0.5, 0.6) is 0 Å². The van der Waals surface area contributed by atoms with E-state index in [-0.39, 0.29) is 25.6 Å². The molecule has 0 saturated heterocycles. The molecule has 37 heavy (non-hydrogen) atoms. The summed E-state index contributed by atoms with van der Waals surface area (Å²) in [6.45, 7) is -1.07. The van der Waals surface area contributed by atoms with E-state index in [9.17, 15) is 19.2 Å². The fourth-order valence-corrected chi connectivity index (χ4v) is 4.35. The van der Waals surface area contributed by atoms with E-state index < -0.39 is 37.0 Å². The number of aliphatic carboxylic acids is 1. The predicted molar refractivity (Wildman–Crippen MR) is 136 cm³/mol. The lowest BCUT2D eigenvalue weighted by molar-refractivity contribution is -0.144. The number of fused-ring (bicyclic) bond motifs is 3. The number of benzene rings is 3. The van der Waals surface area contributed by atoms with E-state index in [1.54, 1.807) is 24.3 Å². The Balaban J connectivity index is 1.23. The molecule has 0 fully saturated rings. The minimum Gasteiger partial charge on any atom is -0.480 e. The molecule has 0 radical (unpaired) electrons. The number of carbonyl (C=O) groups is 4. The second-order valence-corrected chi connectivity index (χ2v) is 8.58. The molecule has 0 saturated carbocycles. The monoisotopic (exact) mass is 501 g/mol. The van der Waals surface area contributed by atoms with Crippen molar-refractivity contribution in [3.8, 4) is 11.1 Å². The molecular formula is C28H27N3O6. The molecule has 190 valence electrons. The van der Waals surface area contributed by atoms with Crippen LogP contribution in [-0.2, 0) is 25.7 Å². The van der Waals surface area contributed by atoms with Crippen LogP contribution >= 0.6 is 0 Å². The average molecular weight is 502 g/mol. The van der Waals surface area contributed by atoms with Crippen LogP contribution in [0.2, 0.25) is 0 Å². The van der Waals surface area contributed by atoms with Gasteiger partial charge in [0.05, 0.1) is 6.54 Å². The van der Waals surface area contributed by atoms with E-state index in [1.807, 2.05) is 54.6 Å². The number of nitrogens with one attached hydrogen (secondary N) is 2. The van der Waals surface area contributed by atoms with Crippen LogP contribution in [0.1, 0.15) is 22.6 Å². The zero-order valence-electron chi connectivity index (χ0n) is 20.1. The Hall–Kier alpha value is -4.66. The molecule has 0 unspecified atom stereocenters. The van der Waals surface area contributed by atoms with Crippen LogP contribution in [0.3, 0.4) is 0 Å². The third kappa shape index (κ3) is 6.52. The molecule has 3 aromatic carbocycles. The van der Waals surface area contributed by atoms with Crippen molar-refractivity contribution in [2.75, 3.05) is 26.2 Å². The molecule has 3 aromatic rings. The number of carboxylic acid groups (broad SMARTS) is 1. The Kier molecular flexibility index (Phi) is 8.15. The number of alkyl carbamates (subject to hydrolysis) is 1. The highest BCUT2D eigenvalue weighted by atomic mass is 16.5. The minimum absolute atomic E-state index is 0.0971. The highest BCUT2D eigenvalue weighted by Crippen LogP contribution is 2.44. The second kappa shape index (κ2) is 11.9. The molecule has 0 spiro atoms. The molecule has 3 N–H and O–H groups in total. The molecule has 4 rings (SSSR count).